The molecule has 2 aromatic carbocycles. The molecule has 25 heavy (non-hydrogen) atoms. The number of hydrogen-bond donors (Lipinski definition) is 1. The lowest BCUT2D eigenvalue weighted by Gasteiger charge is -2.02. The Kier molecular flexibility index (Phi) is 5.35. The van der Waals surface area contributed by atoms with E-state index in [9.17, 15) is 9.18 Å². The van der Waals surface area contributed by atoms with E-state index in [0.29, 0.717) is 12.1 Å². The second-order valence-corrected chi connectivity index (χ2v) is 6.16. The summed E-state index contributed by atoms with van der Waals surface area (Å²) in [5.74, 6) is -0.862. The quantitative estimate of drug-likeness (QED) is 0.525. The molecule has 5 nitrogen and oxygen atoms in total. The third kappa shape index (κ3) is 4.60. The highest BCUT2D eigenvalue weighted by Gasteiger charge is 2.09. The fourth-order valence-corrected chi connectivity index (χ4v) is 2.64. The molecule has 0 atom stereocenters. The third-order valence-electron chi connectivity index (χ3n) is 3.38. The molecule has 3 rings (SSSR count). The largest absolute Gasteiger partial charge is 0.291 e. The summed E-state index contributed by atoms with van der Waals surface area (Å²) < 4.78 is 16.1. The van der Waals surface area contributed by atoms with Crippen LogP contribution in [0.5, 0.6) is 0 Å². The lowest BCUT2D eigenvalue weighted by Crippen LogP contribution is -2.18. The topological polar surface area (TPSA) is 59.3 Å². The molecule has 0 fully saturated rings. The summed E-state index contributed by atoms with van der Waals surface area (Å²) in [5, 5.41) is 7.98. The first kappa shape index (κ1) is 17.0. The number of benzene rings is 2. The van der Waals surface area contributed by atoms with Crippen molar-refractivity contribution in [2.24, 2.45) is 5.10 Å². The summed E-state index contributed by atoms with van der Waals surface area (Å²) in [5.41, 5.74) is 3.93. The Morgan fingerprint density at radius 3 is 2.88 bits per heavy atom. The number of hydrazone groups is 1. The zero-order valence-electron chi connectivity index (χ0n) is 13.1. The Bertz CT molecular complexity index is 923. The number of aromatic nitrogens is 2. The molecule has 1 amide bonds. The Morgan fingerprint density at radius 1 is 1.24 bits per heavy atom. The van der Waals surface area contributed by atoms with Crippen molar-refractivity contribution in [3.63, 3.8) is 0 Å². The van der Waals surface area contributed by atoms with Gasteiger partial charge in [-0.2, -0.15) is 10.2 Å². The highest BCUT2D eigenvalue weighted by Crippen LogP contribution is 2.12. The van der Waals surface area contributed by atoms with Crippen LogP contribution < -0.4 is 5.43 Å². The molecule has 0 spiro atoms. The molecule has 1 aromatic heterocycles. The summed E-state index contributed by atoms with van der Waals surface area (Å²) in [7, 11) is 0. The van der Waals surface area contributed by atoms with Gasteiger partial charge in [-0.15, -0.1) is 0 Å². The molecule has 3 aromatic rings. The maximum atomic E-state index is 13.5. The van der Waals surface area contributed by atoms with E-state index in [1.54, 1.807) is 35.1 Å². The Morgan fingerprint density at radius 2 is 2.08 bits per heavy atom. The van der Waals surface area contributed by atoms with Gasteiger partial charge in [0, 0.05) is 16.2 Å². The minimum Gasteiger partial charge on any atom is -0.268 e. The average molecular weight is 401 g/mol. The van der Waals surface area contributed by atoms with Gasteiger partial charge in [0.25, 0.3) is 5.91 Å². The van der Waals surface area contributed by atoms with E-state index in [4.69, 9.17) is 0 Å². The second-order valence-electron chi connectivity index (χ2n) is 5.25. The standard InChI is InChI=1S/C18H14BrFN4O/c19-15-6-3-4-13(10-15)12-24-9-8-17(23-24)18(25)22-21-11-14-5-1-2-7-16(14)20/h1-11H,12H2,(H,22,25). The van der Waals surface area contributed by atoms with Crippen LogP contribution in [0.25, 0.3) is 0 Å². The van der Waals surface area contributed by atoms with Crippen molar-refractivity contribution in [3.8, 4) is 0 Å². The number of amides is 1. The number of nitrogens with one attached hydrogen (secondary N) is 1. The van der Waals surface area contributed by atoms with Gasteiger partial charge in [0.2, 0.25) is 0 Å². The van der Waals surface area contributed by atoms with Crippen LogP contribution in [-0.2, 0) is 6.54 Å². The average Bonchev–Trinajstić information content (AvgIpc) is 3.05. The number of carbonyl (C=O) groups excluding carboxylic acids is 1. The molecule has 0 saturated heterocycles. The lowest BCUT2D eigenvalue weighted by molar-refractivity contribution is 0.0949. The van der Waals surface area contributed by atoms with Crippen molar-refractivity contribution in [1.82, 2.24) is 15.2 Å². The van der Waals surface area contributed by atoms with Gasteiger partial charge in [0.15, 0.2) is 5.69 Å². The molecule has 0 bridgehead atoms. The fraction of sp³-hybridized carbons (Fsp3) is 0.0556. The van der Waals surface area contributed by atoms with Crippen LogP contribution in [0.15, 0.2) is 70.4 Å². The molecular formula is C18H14BrFN4O. The number of nitrogens with zero attached hydrogens (tertiary/aromatic N) is 3. The fourth-order valence-electron chi connectivity index (χ4n) is 2.19. The highest BCUT2D eigenvalue weighted by atomic mass is 79.9. The zero-order valence-corrected chi connectivity index (χ0v) is 14.6. The molecule has 0 saturated carbocycles. The maximum absolute atomic E-state index is 13.5. The molecule has 0 aliphatic rings. The summed E-state index contributed by atoms with van der Waals surface area (Å²) >= 11 is 3.42. The third-order valence-corrected chi connectivity index (χ3v) is 3.88. The van der Waals surface area contributed by atoms with E-state index in [0.717, 1.165) is 10.0 Å². The van der Waals surface area contributed by atoms with E-state index in [1.165, 1.54) is 12.3 Å². The summed E-state index contributed by atoms with van der Waals surface area (Å²) in [6.07, 6.45) is 2.97. The second kappa shape index (κ2) is 7.85. The first-order chi connectivity index (χ1) is 12.1. The molecule has 1 N–H and O–H groups in total. The minimum atomic E-state index is -0.458. The first-order valence-electron chi connectivity index (χ1n) is 7.47. The van der Waals surface area contributed by atoms with E-state index < -0.39 is 11.7 Å². The van der Waals surface area contributed by atoms with Crippen LogP contribution in [0.3, 0.4) is 0 Å². The summed E-state index contributed by atoms with van der Waals surface area (Å²) in [6.45, 7) is 0.547. The van der Waals surface area contributed by atoms with E-state index in [-0.39, 0.29) is 5.69 Å². The van der Waals surface area contributed by atoms with Gasteiger partial charge in [0.05, 0.1) is 12.8 Å². The van der Waals surface area contributed by atoms with E-state index >= 15 is 0 Å². The van der Waals surface area contributed by atoms with Crippen LogP contribution in [0, 0.1) is 5.82 Å². The van der Waals surface area contributed by atoms with Crippen molar-refractivity contribution in [3.05, 3.63) is 87.9 Å². The van der Waals surface area contributed by atoms with Gasteiger partial charge in [-0.25, -0.2) is 9.82 Å². The maximum Gasteiger partial charge on any atom is 0.291 e. The predicted molar refractivity (Wildman–Crippen MR) is 96.9 cm³/mol. The predicted octanol–water partition coefficient (Wildman–Crippen LogP) is 3.60. The zero-order chi connectivity index (χ0) is 17.6. The van der Waals surface area contributed by atoms with Gasteiger partial charge >= 0.3 is 0 Å². The van der Waals surface area contributed by atoms with Crippen molar-refractivity contribution in [1.29, 1.82) is 0 Å². The van der Waals surface area contributed by atoms with Crippen molar-refractivity contribution in [2.45, 2.75) is 6.54 Å². The first-order valence-corrected chi connectivity index (χ1v) is 8.27. The smallest absolute Gasteiger partial charge is 0.268 e. The molecule has 126 valence electrons. The lowest BCUT2D eigenvalue weighted by atomic mass is 10.2. The van der Waals surface area contributed by atoms with E-state index in [1.807, 2.05) is 24.3 Å². The molecular weight excluding hydrogens is 387 g/mol. The minimum absolute atomic E-state index is 0.237. The number of hydrogen-bond acceptors (Lipinski definition) is 3. The van der Waals surface area contributed by atoms with Crippen molar-refractivity contribution < 1.29 is 9.18 Å². The molecule has 0 unspecified atom stereocenters. The SMILES string of the molecule is O=C(NN=Cc1ccccc1F)c1ccn(Cc2cccc(Br)c2)n1. The van der Waals surface area contributed by atoms with Gasteiger partial charge < -0.3 is 0 Å². The van der Waals surface area contributed by atoms with Crippen LogP contribution >= 0.6 is 15.9 Å². The number of carbonyl (C=O) groups is 1. The molecule has 7 heteroatoms. The molecule has 0 aliphatic heterocycles. The molecule has 0 aliphatic carbocycles. The highest BCUT2D eigenvalue weighted by molar-refractivity contribution is 9.10. The van der Waals surface area contributed by atoms with Crippen molar-refractivity contribution >= 4 is 28.1 Å². The summed E-state index contributed by atoms with van der Waals surface area (Å²) in [6, 6.07) is 15.6. The normalized spacial score (nSPS) is 11.0. The Labute approximate surface area is 152 Å². The van der Waals surface area contributed by atoms with Crippen LogP contribution in [0.2, 0.25) is 0 Å². The molecule has 0 radical (unpaired) electrons. The van der Waals surface area contributed by atoms with Crippen molar-refractivity contribution in [2.75, 3.05) is 0 Å². The summed E-state index contributed by atoms with van der Waals surface area (Å²) in [4.78, 5) is 12.0. The number of rotatable bonds is 5. The van der Waals surface area contributed by atoms with Crippen LogP contribution in [0.1, 0.15) is 21.6 Å². The van der Waals surface area contributed by atoms with Crippen LogP contribution in [-0.4, -0.2) is 21.9 Å². The molecule has 1 heterocycles. The van der Waals surface area contributed by atoms with Gasteiger partial charge in [-0.1, -0.05) is 46.3 Å². The van der Waals surface area contributed by atoms with Crippen LogP contribution in [0.4, 0.5) is 4.39 Å². The number of halogens is 2. The van der Waals surface area contributed by atoms with Gasteiger partial charge in [-0.3, -0.25) is 9.48 Å². The Hall–Kier alpha value is -2.80. The van der Waals surface area contributed by atoms with Gasteiger partial charge in [-0.05, 0) is 29.8 Å². The van der Waals surface area contributed by atoms with E-state index in [2.05, 4.69) is 31.6 Å². The van der Waals surface area contributed by atoms with Gasteiger partial charge in [0.1, 0.15) is 5.82 Å². The monoisotopic (exact) mass is 400 g/mol. The Balaban J connectivity index is 1.62.